The van der Waals surface area contributed by atoms with Gasteiger partial charge in [0.15, 0.2) is 0 Å². The molecule has 1 saturated heterocycles. The van der Waals surface area contributed by atoms with E-state index in [1.807, 2.05) is 55.5 Å². The van der Waals surface area contributed by atoms with Crippen molar-refractivity contribution in [3.8, 4) is 0 Å². The minimum atomic E-state index is -3.73. The van der Waals surface area contributed by atoms with E-state index >= 15 is 0 Å². The number of benzene rings is 3. The molecule has 0 radical (unpaired) electrons. The molecule has 0 saturated carbocycles. The second-order valence-electron chi connectivity index (χ2n) is 7.99. The largest absolute Gasteiger partial charge is 0.286 e. The van der Waals surface area contributed by atoms with Gasteiger partial charge in [-0.15, -0.1) is 0 Å². The van der Waals surface area contributed by atoms with Crippen LogP contribution in [0.15, 0.2) is 77.7 Å². The molecule has 0 aliphatic carbocycles. The van der Waals surface area contributed by atoms with Crippen molar-refractivity contribution < 1.29 is 12.8 Å². The first-order valence-electron chi connectivity index (χ1n) is 10.2. The quantitative estimate of drug-likeness (QED) is 0.448. The molecule has 4 nitrogen and oxygen atoms in total. The summed E-state index contributed by atoms with van der Waals surface area (Å²) in [6, 6.07) is 19.9. The molecule has 0 N–H and O–H groups in total. The summed E-state index contributed by atoms with van der Waals surface area (Å²) in [7, 11) is -2.15. The van der Waals surface area contributed by atoms with Crippen molar-refractivity contribution in [2.75, 3.05) is 13.6 Å². The van der Waals surface area contributed by atoms with Crippen molar-refractivity contribution in [3.05, 3.63) is 99.8 Å². The fraction of sp³-hybridized carbons (Fsp3) is 0.250. The number of nitrogens with zero attached hydrogens (tertiary/aromatic N) is 2. The lowest BCUT2D eigenvalue weighted by Crippen LogP contribution is -2.66. The second-order valence-corrected chi connectivity index (χ2v) is 10.9. The van der Waals surface area contributed by atoms with E-state index in [1.165, 1.54) is 16.4 Å². The molecule has 2 atom stereocenters. The Kier molecular flexibility index (Phi) is 6.61. The van der Waals surface area contributed by atoms with Crippen LogP contribution in [0.2, 0.25) is 10.0 Å². The second kappa shape index (κ2) is 9.12. The molecule has 1 aliphatic rings. The normalized spacial score (nSPS) is 19.3. The third kappa shape index (κ3) is 4.43. The van der Waals surface area contributed by atoms with Crippen molar-refractivity contribution in [2.45, 2.75) is 29.9 Å². The van der Waals surface area contributed by atoms with Gasteiger partial charge in [-0.2, -0.15) is 4.31 Å². The van der Waals surface area contributed by atoms with E-state index in [1.54, 1.807) is 7.05 Å². The van der Waals surface area contributed by atoms with E-state index in [2.05, 4.69) is 4.90 Å². The third-order valence-corrected chi connectivity index (χ3v) is 8.54. The summed E-state index contributed by atoms with van der Waals surface area (Å²) < 4.78 is 40.8. The Morgan fingerprint density at radius 2 is 1.38 bits per heavy atom. The van der Waals surface area contributed by atoms with Crippen LogP contribution in [0.3, 0.4) is 0 Å². The van der Waals surface area contributed by atoms with Gasteiger partial charge >= 0.3 is 0 Å². The minimum Gasteiger partial charge on any atom is -0.286 e. The molecular formula is C24H23Cl2FN2O2S. The summed E-state index contributed by atoms with van der Waals surface area (Å²) in [5, 5.41) is 1.31. The van der Waals surface area contributed by atoms with Crippen LogP contribution >= 0.6 is 23.2 Å². The van der Waals surface area contributed by atoms with Crippen LogP contribution in [-0.4, -0.2) is 43.3 Å². The summed E-state index contributed by atoms with van der Waals surface area (Å²) in [5.74, 6) is -0.469. The summed E-state index contributed by atoms with van der Waals surface area (Å²) in [6.07, 6.45) is 0. The van der Waals surface area contributed by atoms with Crippen molar-refractivity contribution in [3.63, 3.8) is 0 Å². The lowest BCUT2D eigenvalue weighted by Gasteiger charge is -2.53. The maximum Gasteiger partial charge on any atom is 0.243 e. The highest BCUT2D eigenvalue weighted by molar-refractivity contribution is 7.89. The topological polar surface area (TPSA) is 40.6 Å². The van der Waals surface area contributed by atoms with Crippen LogP contribution < -0.4 is 0 Å². The zero-order valence-corrected chi connectivity index (χ0v) is 19.9. The lowest BCUT2D eigenvalue weighted by atomic mass is 9.88. The molecule has 0 bridgehead atoms. The van der Waals surface area contributed by atoms with Crippen LogP contribution in [0.5, 0.6) is 0 Å². The van der Waals surface area contributed by atoms with E-state index in [0.29, 0.717) is 16.6 Å². The van der Waals surface area contributed by atoms with Crippen molar-refractivity contribution in [1.29, 1.82) is 0 Å². The zero-order chi connectivity index (χ0) is 23.0. The van der Waals surface area contributed by atoms with Gasteiger partial charge in [0, 0.05) is 29.7 Å². The molecule has 1 fully saturated rings. The average molecular weight is 493 g/mol. The van der Waals surface area contributed by atoms with Crippen LogP contribution in [0, 0.1) is 5.82 Å². The van der Waals surface area contributed by atoms with E-state index in [4.69, 9.17) is 23.2 Å². The average Bonchev–Trinajstić information content (AvgIpc) is 2.77. The smallest absolute Gasteiger partial charge is 0.243 e. The number of likely N-dealkylation sites (tertiary alicyclic amines) is 1. The van der Waals surface area contributed by atoms with Gasteiger partial charge in [0.05, 0.1) is 17.0 Å². The lowest BCUT2D eigenvalue weighted by molar-refractivity contribution is -0.00103. The van der Waals surface area contributed by atoms with Crippen molar-refractivity contribution in [1.82, 2.24) is 9.21 Å². The molecule has 0 amide bonds. The van der Waals surface area contributed by atoms with E-state index in [9.17, 15) is 12.8 Å². The van der Waals surface area contributed by atoms with Crippen LogP contribution in [0.1, 0.15) is 24.1 Å². The molecule has 3 aromatic rings. The highest BCUT2D eigenvalue weighted by Gasteiger charge is 2.46. The Hall–Kier alpha value is -1.96. The van der Waals surface area contributed by atoms with Gasteiger partial charge in [-0.3, -0.25) is 4.90 Å². The van der Waals surface area contributed by atoms with Crippen LogP contribution in [-0.2, 0) is 10.0 Å². The van der Waals surface area contributed by atoms with Gasteiger partial charge in [0.2, 0.25) is 10.0 Å². The molecule has 1 aliphatic heterocycles. The van der Waals surface area contributed by atoms with Crippen LogP contribution in [0.4, 0.5) is 4.39 Å². The Morgan fingerprint density at radius 1 is 0.906 bits per heavy atom. The Balaban J connectivity index is 1.60. The maximum absolute atomic E-state index is 13.3. The SMILES string of the molecule is C[C@@H]1[C@@H](N(C)S(=O)(=O)c2ccc(F)cc2)CN1C(c1ccc(Cl)cc1)c1ccc(Cl)cc1. The molecule has 8 heteroatoms. The first-order valence-corrected chi connectivity index (χ1v) is 12.4. The van der Waals surface area contributed by atoms with Gasteiger partial charge < -0.3 is 0 Å². The molecule has 0 spiro atoms. The van der Waals surface area contributed by atoms with Gasteiger partial charge in [-0.05, 0) is 66.6 Å². The molecule has 4 rings (SSSR count). The maximum atomic E-state index is 13.3. The summed E-state index contributed by atoms with van der Waals surface area (Å²) >= 11 is 12.2. The number of hydrogen-bond acceptors (Lipinski definition) is 3. The predicted octanol–water partition coefficient (Wildman–Crippen LogP) is 5.62. The van der Waals surface area contributed by atoms with Crippen molar-refractivity contribution in [2.24, 2.45) is 0 Å². The number of rotatable bonds is 6. The minimum absolute atomic E-state index is 0.0495. The Labute approximate surface area is 198 Å². The molecular weight excluding hydrogens is 470 g/mol. The monoisotopic (exact) mass is 492 g/mol. The van der Waals surface area contributed by atoms with E-state index < -0.39 is 15.8 Å². The highest BCUT2D eigenvalue weighted by atomic mass is 35.5. The Bertz CT molecular complexity index is 1140. The Morgan fingerprint density at radius 3 is 1.81 bits per heavy atom. The third-order valence-electron chi connectivity index (χ3n) is 6.14. The molecule has 3 aromatic carbocycles. The summed E-state index contributed by atoms with van der Waals surface area (Å²) in [4.78, 5) is 2.34. The number of halogens is 3. The van der Waals surface area contributed by atoms with Gasteiger partial charge in [0.1, 0.15) is 5.82 Å². The molecule has 32 heavy (non-hydrogen) atoms. The first kappa shape index (κ1) is 23.2. The van der Waals surface area contributed by atoms with E-state index in [-0.39, 0.29) is 23.0 Å². The van der Waals surface area contributed by atoms with Gasteiger partial charge in [-0.1, -0.05) is 47.5 Å². The standard InChI is InChI=1S/C24H23Cl2FN2O2S/c1-16-23(28(2)32(30,31)22-13-11-21(27)12-14-22)15-29(16)24(17-3-7-19(25)8-4-17)18-5-9-20(26)10-6-18/h3-14,16,23-24H,15H2,1-2H3/t16-,23+/m1/s1. The van der Waals surface area contributed by atoms with Crippen LogP contribution in [0.25, 0.3) is 0 Å². The highest BCUT2D eigenvalue weighted by Crippen LogP contribution is 2.39. The van der Waals surface area contributed by atoms with E-state index in [0.717, 1.165) is 23.3 Å². The molecule has 168 valence electrons. The number of sulfonamides is 1. The van der Waals surface area contributed by atoms with Gasteiger partial charge in [-0.25, -0.2) is 12.8 Å². The fourth-order valence-electron chi connectivity index (χ4n) is 4.19. The summed E-state index contributed by atoms with van der Waals surface area (Å²) in [5.41, 5.74) is 2.12. The zero-order valence-electron chi connectivity index (χ0n) is 17.6. The predicted molar refractivity (Wildman–Crippen MR) is 126 cm³/mol. The van der Waals surface area contributed by atoms with Crippen molar-refractivity contribution >= 4 is 33.2 Å². The fourth-order valence-corrected chi connectivity index (χ4v) is 5.86. The molecule has 0 aromatic heterocycles. The number of likely N-dealkylation sites (N-methyl/N-ethyl adjacent to an activating group) is 1. The molecule has 1 heterocycles. The first-order chi connectivity index (χ1) is 15.2. The number of hydrogen-bond donors (Lipinski definition) is 0. The summed E-state index contributed by atoms with van der Waals surface area (Å²) in [6.45, 7) is 2.57. The van der Waals surface area contributed by atoms with Gasteiger partial charge in [0.25, 0.3) is 0 Å². The molecule has 0 unspecified atom stereocenters.